The van der Waals surface area contributed by atoms with Crippen molar-refractivity contribution >= 4 is 39.4 Å². The zero-order valence-corrected chi connectivity index (χ0v) is 23.3. The first-order valence-electron chi connectivity index (χ1n) is 12.5. The highest BCUT2D eigenvalue weighted by Gasteiger charge is 2.30. The van der Waals surface area contributed by atoms with Crippen molar-refractivity contribution in [3.63, 3.8) is 0 Å². The zero-order chi connectivity index (χ0) is 27.0. The molecule has 11 heteroatoms. The van der Waals surface area contributed by atoms with Crippen LogP contribution in [0.5, 0.6) is 17.2 Å². The van der Waals surface area contributed by atoms with E-state index in [1.54, 1.807) is 43.0 Å². The Labute approximate surface area is 225 Å². The van der Waals surface area contributed by atoms with E-state index in [9.17, 15) is 4.79 Å². The summed E-state index contributed by atoms with van der Waals surface area (Å²) in [7, 11) is 3.48. The summed E-state index contributed by atoms with van der Waals surface area (Å²) in [5.74, 6) is 2.41. The van der Waals surface area contributed by atoms with Gasteiger partial charge in [-0.25, -0.2) is 9.97 Å². The first-order valence-corrected chi connectivity index (χ1v) is 13.3. The number of hydrogen-bond donors (Lipinski definition) is 1. The number of Topliss-reactive ketones (excluding diaryl/α,β-unsaturated/α-hetero) is 1. The monoisotopic (exact) mass is 536 g/mol. The molecule has 1 aliphatic heterocycles. The molecule has 1 unspecified atom stereocenters. The van der Waals surface area contributed by atoms with Crippen molar-refractivity contribution < 1.29 is 19.0 Å². The Kier molecular flexibility index (Phi) is 7.06. The van der Waals surface area contributed by atoms with E-state index in [4.69, 9.17) is 24.2 Å². The molecule has 5 heterocycles. The van der Waals surface area contributed by atoms with E-state index < -0.39 is 0 Å². The number of nitrogens with zero attached hydrogens (tertiary/aromatic N) is 5. The normalized spacial score (nSPS) is 15.7. The summed E-state index contributed by atoms with van der Waals surface area (Å²) in [6.45, 7) is 9.63. The minimum absolute atomic E-state index is 0.0313. The largest absolute Gasteiger partial charge is 0.491 e. The van der Waals surface area contributed by atoms with E-state index in [1.165, 1.54) is 11.8 Å². The van der Waals surface area contributed by atoms with Crippen molar-refractivity contribution in [3.05, 3.63) is 40.8 Å². The van der Waals surface area contributed by atoms with E-state index in [1.807, 2.05) is 11.6 Å². The van der Waals surface area contributed by atoms with E-state index in [0.29, 0.717) is 52.6 Å². The number of aryl methyl sites for hydroxylation is 1. The number of carbonyl (C=O) groups excluding carboxylic acids is 1. The molecule has 5 rings (SSSR count). The molecule has 0 aromatic carbocycles. The van der Waals surface area contributed by atoms with Gasteiger partial charge in [-0.2, -0.15) is 4.98 Å². The van der Waals surface area contributed by atoms with Crippen LogP contribution in [0.15, 0.2) is 24.5 Å². The molecular formula is C27H32N6O4S. The highest BCUT2D eigenvalue weighted by atomic mass is 32.1. The second kappa shape index (κ2) is 10.3. The van der Waals surface area contributed by atoms with Gasteiger partial charge in [-0.3, -0.25) is 9.78 Å². The zero-order valence-electron chi connectivity index (χ0n) is 22.5. The molecule has 0 radical (unpaired) electrons. The van der Waals surface area contributed by atoms with Gasteiger partial charge in [0, 0.05) is 43.1 Å². The van der Waals surface area contributed by atoms with Crippen LogP contribution in [0.3, 0.4) is 0 Å². The smallest absolute Gasteiger partial charge is 0.211 e. The lowest BCUT2D eigenvalue weighted by atomic mass is 9.89. The maximum atomic E-state index is 11.5. The number of pyridine rings is 2. The third kappa shape index (κ3) is 5.21. The molecule has 200 valence electrons. The Morgan fingerprint density at radius 1 is 1.29 bits per heavy atom. The Balaban J connectivity index is 1.47. The summed E-state index contributed by atoms with van der Waals surface area (Å²) < 4.78 is 19.4. The van der Waals surface area contributed by atoms with E-state index in [2.05, 4.69) is 36.1 Å². The van der Waals surface area contributed by atoms with Crippen molar-refractivity contribution in [1.29, 1.82) is 0 Å². The topological polar surface area (TPSA) is 113 Å². The molecule has 0 aliphatic carbocycles. The molecule has 1 fully saturated rings. The number of hydrogen-bond acceptors (Lipinski definition) is 10. The van der Waals surface area contributed by atoms with Crippen LogP contribution in [0.25, 0.3) is 11.2 Å². The molecule has 0 spiro atoms. The molecule has 0 saturated carbocycles. The average Bonchev–Trinajstić information content (AvgIpc) is 3.59. The van der Waals surface area contributed by atoms with Crippen molar-refractivity contribution in [3.8, 4) is 17.2 Å². The first-order chi connectivity index (χ1) is 18.1. The molecule has 1 N–H and O–H groups in total. The molecular weight excluding hydrogens is 504 g/mol. The van der Waals surface area contributed by atoms with E-state index >= 15 is 0 Å². The van der Waals surface area contributed by atoms with Crippen LogP contribution in [0.1, 0.15) is 56.3 Å². The van der Waals surface area contributed by atoms with Gasteiger partial charge in [-0.1, -0.05) is 20.8 Å². The molecule has 0 amide bonds. The van der Waals surface area contributed by atoms with Gasteiger partial charge in [0.25, 0.3) is 0 Å². The number of thiazole rings is 1. The number of aromatic nitrogens is 5. The van der Waals surface area contributed by atoms with Gasteiger partial charge in [0.2, 0.25) is 5.95 Å². The predicted octanol–water partition coefficient (Wildman–Crippen LogP) is 5.30. The van der Waals surface area contributed by atoms with Crippen LogP contribution in [0.2, 0.25) is 0 Å². The Morgan fingerprint density at radius 3 is 2.79 bits per heavy atom. The van der Waals surface area contributed by atoms with Gasteiger partial charge in [-0.15, -0.1) is 11.3 Å². The third-order valence-electron chi connectivity index (χ3n) is 6.34. The molecule has 4 aromatic heterocycles. The number of ether oxygens (including phenoxy) is 3. The quantitative estimate of drug-likeness (QED) is 0.320. The Hall–Kier alpha value is -3.57. The molecule has 1 saturated heterocycles. The van der Waals surface area contributed by atoms with Gasteiger partial charge < -0.3 is 24.1 Å². The number of nitrogens with one attached hydrogen (secondary N) is 1. The lowest BCUT2D eigenvalue weighted by Gasteiger charge is -2.19. The van der Waals surface area contributed by atoms with Crippen LogP contribution in [0, 0.1) is 0 Å². The second-order valence-corrected chi connectivity index (χ2v) is 11.5. The lowest BCUT2D eigenvalue weighted by Crippen LogP contribution is -2.14. The summed E-state index contributed by atoms with van der Waals surface area (Å²) in [6, 6.07) is 3.47. The minimum Gasteiger partial charge on any atom is -0.491 e. The molecule has 0 bridgehead atoms. The molecule has 38 heavy (non-hydrogen) atoms. The second-order valence-electron chi connectivity index (χ2n) is 10.5. The van der Waals surface area contributed by atoms with E-state index in [-0.39, 0.29) is 17.6 Å². The molecule has 10 nitrogen and oxygen atoms in total. The van der Waals surface area contributed by atoms with Crippen LogP contribution < -0.4 is 14.8 Å². The average molecular weight is 537 g/mol. The maximum absolute atomic E-state index is 11.5. The van der Waals surface area contributed by atoms with Gasteiger partial charge in [0.1, 0.15) is 17.0 Å². The molecule has 4 aromatic rings. The number of ketones is 1. The standard InChI is InChI=1S/C27H32N6O4S/c1-15(34)11-17-12-18(7-9-28-17)37-19-13-29-24-21(22(19)35-6)33(5)25(31-24)32-26-30-20(16-8-10-36-14-16)23(38-26)27(2,3)4/h7,9,12-13,16H,8,10-11,14H2,1-6H3,(H,29,30,31,32). The number of rotatable bonds is 8. The van der Waals surface area contributed by atoms with Crippen molar-refractivity contribution in [2.75, 3.05) is 25.6 Å². The first kappa shape index (κ1) is 26.1. The van der Waals surface area contributed by atoms with Gasteiger partial charge in [-0.05, 0) is 24.8 Å². The fourth-order valence-electron chi connectivity index (χ4n) is 4.55. The number of anilines is 2. The third-order valence-corrected chi connectivity index (χ3v) is 7.75. The van der Waals surface area contributed by atoms with Crippen LogP contribution >= 0.6 is 11.3 Å². The van der Waals surface area contributed by atoms with Crippen LogP contribution in [-0.4, -0.2) is 50.6 Å². The van der Waals surface area contributed by atoms with Crippen molar-refractivity contribution in [1.82, 2.24) is 24.5 Å². The molecule has 1 atom stereocenters. The minimum atomic E-state index is -0.0316. The van der Waals surface area contributed by atoms with Crippen molar-refractivity contribution in [2.45, 2.75) is 51.9 Å². The van der Waals surface area contributed by atoms with Gasteiger partial charge in [0.15, 0.2) is 22.3 Å². The summed E-state index contributed by atoms with van der Waals surface area (Å²) in [5.41, 5.74) is 2.91. The summed E-state index contributed by atoms with van der Waals surface area (Å²) in [6.07, 6.45) is 4.42. The lowest BCUT2D eigenvalue weighted by molar-refractivity contribution is -0.116. The summed E-state index contributed by atoms with van der Waals surface area (Å²) in [4.78, 5) is 31.2. The fraction of sp³-hybridized carbons (Fsp3) is 0.444. The Bertz CT molecular complexity index is 1480. The highest BCUT2D eigenvalue weighted by molar-refractivity contribution is 7.16. The van der Waals surface area contributed by atoms with E-state index in [0.717, 1.165) is 23.9 Å². The number of fused-ring (bicyclic) bond motifs is 1. The fourth-order valence-corrected chi connectivity index (χ4v) is 5.65. The summed E-state index contributed by atoms with van der Waals surface area (Å²) >= 11 is 1.65. The SMILES string of the molecule is COc1c(Oc2ccnc(CC(C)=O)c2)cnc2nc(Nc3nc(C4CCOC4)c(C(C)(C)C)s3)n(C)c12. The summed E-state index contributed by atoms with van der Waals surface area (Å²) in [5, 5.41) is 4.18. The van der Waals surface area contributed by atoms with Crippen LogP contribution in [0.4, 0.5) is 11.1 Å². The number of carbonyl (C=O) groups is 1. The van der Waals surface area contributed by atoms with Gasteiger partial charge >= 0.3 is 0 Å². The van der Waals surface area contributed by atoms with Gasteiger partial charge in [0.05, 0.1) is 31.3 Å². The number of imidazole rings is 1. The van der Waals surface area contributed by atoms with Crippen molar-refractivity contribution in [2.24, 2.45) is 7.05 Å². The van der Waals surface area contributed by atoms with Crippen LogP contribution in [-0.2, 0) is 28.4 Å². The predicted molar refractivity (Wildman–Crippen MR) is 146 cm³/mol. The Morgan fingerprint density at radius 2 is 2.11 bits per heavy atom. The highest BCUT2D eigenvalue weighted by Crippen LogP contribution is 2.42. The number of methoxy groups -OCH3 is 1. The molecule has 1 aliphatic rings. The maximum Gasteiger partial charge on any atom is 0.211 e.